The van der Waals surface area contributed by atoms with Gasteiger partial charge in [-0.25, -0.2) is 0 Å². The van der Waals surface area contributed by atoms with Crippen LogP contribution in [0.25, 0.3) is 0 Å². The average Bonchev–Trinajstić information content (AvgIpc) is 2.53. The number of nitrogens with zero attached hydrogens (tertiary/aromatic N) is 1. The van der Waals surface area contributed by atoms with Gasteiger partial charge in [0.25, 0.3) is 0 Å². The van der Waals surface area contributed by atoms with E-state index in [0.717, 1.165) is 24.1 Å². The first kappa shape index (κ1) is 15.8. The van der Waals surface area contributed by atoms with Crippen LogP contribution >= 0.6 is 0 Å². The number of methoxy groups -OCH3 is 1. The number of para-hydroxylation sites is 1. The summed E-state index contributed by atoms with van der Waals surface area (Å²) in [6, 6.07) is 8.06. The number of hydrogen-bond acceptors (Lipinski definition) is 4. The van der Waals surface area contributed by atoms with Crippen molar-refractivity contribution in [3.05, 3.63) is 29.8 Å². The Kier molecular flexibility index (Phi) is 4.52. The third-order valence-corrected chi connectivity index (χ3v) is 4.73. The number of hydrogen-bond donors (Lipinski definition) is 2. The van der Waals surface area contributed by atoms with E-state index in [1.54, 1.807) is 0 Å². The first-order valence-electron chi connectivity index (χ1n) is 8.01. The number of piperidine rings is 1. The molecular formula is C17H23N3O3. The van der Waals surface area contributed by atoms with E-state index in [1.165, 1.54) is 7.11 Å². The van der Waals surface area contributed by atoms with E-state index in [9.17, 15) is 9.59 Å². The molecule has 124 valence electrons. The van der Waals surface area contributed by atoms with Gasteiger partial charge in [-0.05, 0) is 24.5 Å². The minimum Gasteiger partial charge on any atom is -0.379 e. The average molecular weight is 317 g/mol. The summed E-state index contributed by atoms with van der Waals surface area (Å²) in [7, 11) is 1.53. The van der Waals surface area contributed by atoms with Crippen LogP contribution in [0.4, 0.5) is 5.69 Å². The molecule has 2 heterocycles. The van der Waals surface area contributed by atoms with Gasteiger partial charge in [-0.2, -0.15) is 0 Å². The Morgan fingerprint density at radius 1 is 1.30 bits per heavy atom. The van der Waals surface area contributed by atoms with Crippen molar-refractivity contribution in [3.63, 3.8) is 0 Å². The summed E-state index contributed by atoms with van der Waals surface area (Å²) in [6.45, 7) is 1.95. The lowest BCUT2D eigenvalue weighted by molar-refractivity contribution is -0.136. The molecule has 0 aromatic heterocycles. The molecule has 1 saturated heterocycles. The monoisotopic (exact) mass is 317 g/mol. The smallest absolute Gasteiger partial charge is 0.248 e. The summed E-state index contributed by atoms with van der Waals surface area (Å²) in [6.07, 6.45) is 1.95. The van der Waals surface area contributed by atoms with Crippen LogP contribution in [0, 0.1) is 0 Å². The second-order valence-electron chi connectivity index (χ2n) is 6.33. The Labute approximate surface area is 136 Å². The fourth-order valence-electron chi connectivity index (χ4n) is 3.39. The van der Waals surface area contributed by atoms with E-state index in [1.807, 2.05) is 23.1 Å². The van der Waals surface area contributed by atoms with Crippen LogP contribution in [0.3, 0.4) is 0 Å². The Morgan fingerprint density at radius 2 is 2.04 bits per heavy atom. The van der Waals surface area contributed by atoms with Gasteiger partial charge in [0.2, 0.25) is 11.8 Å². The topological polar surface area (TPSA) is 70.7 Å². The third-order valence-electron chi connectivity index (χ3n) is 4.73. The maximum absolute atomic E-state index is 12.2. The Balaban J connectivity index is 1.76. The fourth-order valence-corrected chi connectivity index (χ4v) is 3.39. The molecule has 0 saturated carbocycles. The first-order chi connectivity index (χ1) is 11.1. The number of carbonyl (C=O) groups is 2. The van der Waals surface area contributed by atoms with Crippen LogP contribution in [0.5, 0.6) is 0 Å². The fraction of sp³-hybridized carbons (Fsp3) is 0.529. The summed E-state index contributed by atoms with van der Waals surface area (Å²) < 4.78 is 4.92. The highest BCUT2D eigenvalue weighted by atomic mass is 16.5. The summed E-state index contributed by atoms with van der Waals surface area (Å²) in [4.78, 5) is 26.0. The van der Waals surface area contributed by atoms with Crippen LogP contribution in [-0.2, 0) is 20.9 Å². The van der Waals surface area contributed by atoms with Gasteiger partial charge in [-0.15, -0.1) is 0 Å². The highest BCUT2D eigenvalue weighted by Crippen LogP contribution is 2.33. The predicted molar refractivity (Wildman–Crippen MR) is 86.9 cm³/mol. The molecule has 6 nitrogen and oxygen atoms in total. The van der Waals surface area contributed by atoms with Crippen molar-refractivity contribution < 1.29 is 14.3 Å². The normalized spacial score (nSPS) is 20.0. The molecule has 3 rings (SSSR count). The van der Waals surface area contributed by atoms with Crippen molar-refractivity contribution in [2.24, 2.45) is 0 Å². The second-order valence-corrected chi connectivity index (χ2v) is 6.33. The van der Waals surface area contributed by atoms with Gasteiger partial charge in [0.15, 0.2) is 0 Å². The highest BCUT2D eigenvalue weighted by Gasteiger charge is 2.38. The van der Waals surface area contributed by atoms with Gasteiger partial charge in [0, 0.05) is 44.4 Å². The summed E-state index contributed by atoms with van der Waals surface area (Å²) >= 11 is 0. The SMILES string of the molecule is COCC(=O)N1CCC2(CC1)CC(=O)NCc1ccccc1N2. The summed E-state index contributed by atoms with van der Waals surface area (Å²) in [5, 5.41) is 6.59. The zero-order valence-corrected chi connectivity index (χ0v) is 13.4. The Hall–Kier alpha value is -2.08. The number of amides is 2. The maximum atomic E-state index is 12.2. The van der Waals surface area contributed by atoms with Crippen LogP contribution in [0.15, 0.2) is 24.3 Å². The van der Waals surface area contributed by atoms with Crippen LogP contribution < -0.4 is 10.6 Å². The van der Waals surface area contributed by atoms with E-state index >= 15 is 0 Å². The molecule has 2 N–H and O–H groups in total. The minimum absolute atomic E-state index is 0.0121. The zero-order valence-electron chi connectivity index (χ0n) is 13.4. The molecule has 6 heteroatoms. The van der Waals surface area contributed by atoms with Gasteiger partial charge >= 0.3 is 0 Å². The molecule has 0 unspecified atom stereocenters. The molecule has 0 aliphatic carbocycles. The number of fused-ring (bicyclic) bond motifs is 1. The van der Waals surface area contributed by atoms with Gasteiger partial charge < -0.3 is 20.3 Å². The molecule has 23 heavy (non-hydrogen) atoms. The molecule has 0 atom stereocenters. The lowest BCUT2D eigenvalue weighted by Gasteiger charge is -2.43. The van der Waals surface area contributed by atoms with Crippen LogP contribution in [0.1, 0.15) is 24.8 Å². The van der Waals surface area contributed by atoms with Crippen LogP contribution in [0.2, 0.25) is 0 Å². The van der Waals surface area contributed by atoms with Crippen molar-refractivity contribution in [2.45, 2.75) is 31.3 Å². The number of ether oxygens (including phenoxy) is 1. The minimum atomic E-state index is -0.287. The lowest BCUT2D eigenvalue weighted by atomic mass is 9.82. The molecule has 2 aliphatic heterocycles. The quantitative estimate of drug-likeness (QED) is 0.858. The third kappa shape index (κ3) is 3.47. The number of carbonyl (C=O) groups excluding carboxylic acids is 2. The van der Waals surface area contributed by atoms with E-state index < -0.39 is 0 Å². The van der Waals surface area contributed by atoms with Crippen molar-refractivity contribution >= 4 is 17.5 Å². The Morgan fingerprint density at radius 3 is 2.78 bits per heavy atom. The lowest BCUT2D eigenvalue weighted by Crippen LogP contribution is -2.54. The standard InChI is InChI=1S/C17H23N3O3/c1-23-12-16(22)20-8-6-17(7-9-20)10-15(21)18-11-13-4-2-3-5-14(13)19-17/h2-5,19H,6-12H2,1H3,(H,18,21). The van der Waals surface area contributed by atoms with E-state index in [0.29, 0.717) is 26.1 Å². The molecule has 0 radical (unpaired) electrons. The van der Waals surface area contributed by atoms with Gasteiger partial charge in [-0.3, -0.25) is 9.59 Å². The molecule has 1 fully saturated rings. The molecule has 0 bridgehead atoms. The molecule has 1 aromatic rings. The number of nitrogens with one attached hydrogen (secondary N) is 2. The highest BCUT2D eigenvalue weighted by molar-refractivity contribution is 5.80. The number of anilines is 1. The zero-order chi connectivity index (χ0) is 16.3. The second kappa shape index (κ2) is 6.58. The summed E-state index contributed by atoms with van der Waals surface area (Å²) in [5.74, 6) is 0.0710. The van der Waals surface area contributed by atoms with Crippen molar-refractivity contribution in [1.82, 2.24) is 10.2 Å². The first-order valence-corrected chi connectivity index (χ1v) is 8.01. The summed E-state index contributed by atoms with van der Waals surface area (Å²) in [5.41, 5.74) is 1.88. The largest absolute Gasteiger partial charge is 0.379 e. The van der Waals surface area contributed by atoms with Gasteiger partial charge in [0.05, 0.1) is 0 Å². The van der Waals surface area contributed by atoms with E-state index in [-0.39, 0.29) is 24.0 Å². The number of rotatable bonds is 2. The molecular weight excluding hydrogens is 294 g/mol. The van der Waals surface area contributed by atoms with Gasteiger partial charge in [-0.1, -0.05) is 18.2 Å². The molecule has 1 spiro atoms. The van der Waals surface area contributed by atoms with Crippen molar-refractivity contribution in [1.29, 1.82) is 0 Å². The molecule has 2 aliphatic rings. The maximum Gasteiger partial charge on any atom is 0.248 e. The van der Waals surface area contributed by atoms with Crippen molar-refractivity contribution in [3.8, 4) is 0 Å². The van der Waals surface area contributed by atoms with Crippen molar-refractivity contribution in [2.75, 3.05) is 32.1 Å². The molecule has 2 amide bonds. The number of benzene rings is 1. The van der Waals surface area contributed by atoms with Gasteiger partial charge in [0.1, 0.15) is 6.61 Å². The van der Waals surface area contributed by atoms with E-state index in [4.69, 9.17) is 4.74 Å². The molecule has 1 aromatic carbocycles. The Bertz CT molecular complexity index is 595. The van der Waals surface area contributed by atoms with Crippen LogP contribution in [-0.4, -0.2) is 49.1 Å². The predicted octanol–water partition coefficient (Wildman–Crippen LogP) is 1.13. The number of likely N-dealkylation sites (tertiary alicyclic amines) is 1. The van der Waals surface area contributed by atoms with E-state index in [2.05, 4.69) is 16.7 Å².